The maximum absolute atomic E-state index is 15.1. The molecule has 0 bridgehead atoms. The van der Waals surface area contributed by atoms with Crippen molar-refractivity contribution >= 4 is 5.97 Å². The van der Waals surface area contributed by atoms with E-state index in [1.54, 1.807) is 19.1 Å². The van der Waals surface area contributed by atoms with Crippen molar-refractivity contribution in [3.8, 4) is 5.75 Å². The number of benzene rings is 2. The summed E-state index contributed by atoms with van der Waals surface area (Å²) in [7, 11) is 0. The molecule has 3 nitrogen and oxygen atoms in total. The Hall–Kier alpha value is -2.50. The Balaban J connectivity index is 1.35. The van der Waals surface area contributed by atoms with Gasteiger partial charge in [0, 0.05) is 6.07 Å². The van der Waals surface area contributed by atoms with Gasteiger partial charge in [0.15, 0.2) is 11.6 Å². The molecule has 35 heavy (non-hydrogen) atoms. The van der Waals surface area contributed by atoms with Crippen molar-refractivity contribution in [3.63, 3.8) is 0 Å². The lowest BCUT2D eigenvalue weighted by Crippen LogP contribution is -2.25. The SMILES string of the molecule is CCOc1ccc(C(=O)OC2CCC(c3ccc(C4CCC(CC)CC4)c(F)c3F)CC2)c(F)c1. The highest BCUT2D eigenvalue weighted by Gasteiger charge is 2.31. The van der Waals surface area contributed by atoms with Crippen molar-refractivity contribution in [2.24, 2.45) is 5.92 Å². The van der Waals surface area contributed by atoms with Crippen molar-refractivity contribution in [1.29, 1.82) is 0 Å². The van der Waals surface area contributed by atoms with Crippen molar-refractivity contribution in [3.05, 3.63) is 64.5 Å². The molecule has 0 amide bonds. The average molecular weight is 489 g/mol. The van der Waals surface area contributed by atoms with E-state index < -0.39 is 23.4 Å². The molecule has 2 fully saturated rings. The summed E-state index contributed by atoms with van der Waals surface area (Å²) in [4.78, 5) is 12.5. The first-order valence-electron chi connectivity index (χ1n) is 13.0. The standard InChI is InChI=1S/C29H35F3O3/c1-3-18-5-7-19(8-6-18)23-15-16-24(28(32)27(23)31)20-9-11-21(12-10-20)35-29(33)25-14-13-22(34-4-2)17-26(25)30/h13-21H,3-12H2,1-2H3. The molecule has 0 aliphatic heterocycles. The molecule has 2 saturated carbocycles. The van der Waals surface area contributed by atoms with Gasteiger partial charge in [0.1, 0.15) is 17.7 Å². The second kappa shape index (κ2) is 11.5. The van der Waals surface area contributed by atoms with Crippen LogP contribution < -0.4 is 4.74 Å². The maximum atomic E-state index is 15.1. The lowest BCUT2D eigenvalue weighted by atomic mass is 9.76. The highest BCUT2D eigenvalue weighted by atomic mass is 19.2. The van der Waals surface area contributed by atoms with E-state index in [2.05, 4.69) is 6.92 Å². The molecule has 0 spiro atoms. The van der Waals surface area contributed by atoms with Gasteiger partial charge >= 0.3 is 5.97 Å². The summed E-state index contributed by atoms with van der Waals surface area (Å²) >= 11 is 0. The topological polar surface area (TPSA) is 35.5 Å². The van der Waals surface area contributed by atoms with E-state index in [1.807, 2.05) is 0 Å². The predicted octanol–water partition coefficient (Wildman–Crippen LogP) is 8.07. The van der Waals surface area contributed by atoms with Gasteiger partial charge in [-0.05, 0) is 99.3 Å². The quantitative estimate of drug-likeness (QED) is 0.370. The summed E-state index contributed by atoms with van der Waals surface area (Å²) in [5.74, 6) is -1.78. The smallest absolute Gasteiger partial charge is 0.341 e. The van der Waals surface area contributed by atoms with E-state index in [1.165, 1.54) is 18.2 Å². The van der Waals surface area contributed by atoms with Crippen LogP contribution in [0.1, 0.15) is 105 Å². The molecule has 2 aliphatic carbocycles. The fourth-order valence-corrected chi connectivity index (χ4v) is 5.72. The number of hydrogen-bond acceptors (Lipinski definition) is 3. The molecule has 6 heteroatoms. The van der Waals surface area contributed by atoms with Crippen LogP contribution in [0.4, 0.5) is 13.2 Å². The Morgan fingerprint density at radius 1 is 0.829 bits per heavy atom. The van der Waals surface area contributed by atoms with E-state index >= 15 is 8.78 Å². The molecule has 190 valence electrons. The third-order valence-corrected chi connectivity index (χ3v) is 7.87. The van der Waals surface area contributed by atoms with E-state index in [4.69, 9.17) is 9.47 Å². The number of halogens is 3. The number of esters is 1. The molecular weight excluding hydrogens is 453 g/mol. The fourth-order valence-electron chi connectivity index (χ4n) is 5.72. The van der Waals surface area contributed by atoms with Gasteiger partial charge < -0.3 is 9.47 Å². The van der Waals surface area contributed by atoms with Gasteiger partial charge in [-0.3, -0.25) is 0 Å². The van der Waals surface area contributed by atoms with Crippen LogP contribution in [0.5, 0.6) is 5.75 Å². The Bertz CT molecular complexity index is 1020. The molecule has 2 aromatic carbocycles. The van der Waals surface area contributed by atoms with Crippen molar-refractivity contribution in [2.75, 3.05) is 6.61 Å². The highest BCUT2D eigenvalue weighted by molar-refractivity contribution is 5.90. The zero-order valence-corrected chi connectivity index (χ0v) is 20.6. The average Bonchev–Trinajstić information content (AvgIpc) is 2.86. The maximum Gasteiger partial charge on any atom is 0.341 e. The summed E-state index contributed by atoms with van der Waals surface area (Å²) in [5, 5.41) is 0. The van der Waals surface area contributed by atoms with Crippen molar-refractivity contribution in [2.45, 2.75) is 89.6 Å². The molecule has 0 atom stereocenters. The van der Waals surface area contributed by atoms with E-state index in [0.717, 1.165) is 32.1 Å². The molecular formula is C29H35F3O3. The first kappa shape index (κ1) is 25.6. The van der Waals surface area contributed by atoms with E-state index in [0.29, 0.717) is 55.1 Å². The van der Waals surface area contributed by atoms with Gasteiger partial charge in [-0.15, -0.1) is 0 Å². The van der Waals surface area contributed by atoms with Crippen LogP contribution in [0.15, 0.2) is 30.3 Å². The number of carbonyl (C=O) groups is 1. The van der Waals surface area contributed by atoms with Gasteiger partial charge in [-0.2, -0.15) is 0 Å². The minimum Gasteiger partial charge on any atom is -0.494 e. The first-order valence-corrected chi connectivity index (χ1v) is 13.0. The minimum absolute atomic E-state index is 0.0968. The highest BCUT2D eigenvalue weighted by Crippen LogP contribution is 2.41. The summed E-state index contributed by atoms with van der Waals surface area (Å²) in [5.41, 5.74) is 0.795. The molecule has 0 saturated heterocycles. The minimum atomic E-state index is -0.725. The first-order chi connectivity index (χ1) is 16.9. The third kappa shape index (κ3) is 5.84. The number of hydrogen-bond donors (Lipinski definition) is 0. The number of rotatable bonds is 7. The Labute approximate surface area is 206 Å². The zero-order chi connectivity index (χ0) is 24.9. The lowest BCUT2D eigenvalue weighted by Gasteiger charge is -2.30. The van der Waals surface area contributed by atoms with E-state index in [9.17, 15) is 9.18 Å². The number of ether oxygens (including phenoxy) is 2. The third-order valence-electron chi connectivity index (χ3n) is 7.87. The number of carbonyl (C=O) groups excluding carboxylic acids is 1. The molecule has 2 aliphatic rings. The monoisotopic (exact) mass is 488 g/mol. The molecule has 0 aromatic heterocycles. The van der Waals surface area contributed by atoms with Crippen LogP contribution in [0.2, 0.25) is 0 Å². The van der Waals surface area contributed by atoms with Gasteiger partial charge in [-0.1, -0.05) is 25.5 Å². The molecule has 0 N–H and O–H groups in total. The Morgan fingerprint density at radius 3 is 1.91 bits per heavy atom. The van der Waals surface area contributed by atoms with Crippen LogP contribution in [-0.2, 0) is 4.74 Å². The van der Waals surface area contributed by atoms with E-state index in [-0.39, 0.29) is 23.5 Å². The van der Waals surface area contributed by atoms with Crippen LogP contribution in [0, 0.1) is 23.4 Å². The molecule has 2 aromatic rings. The second-order valence-electron chi connectivity index (χ2n) is 9.95. The van der Waals surface area contributed by atoms with Crippen LogP contribution in [-0.4, -0.2) is 18.7 Å². The van der Waals surface area contributed by atoms with Crippen molar-refractivity contribution in [1.82, 2.24) is 0 Å². The van der Waals surface area contributed by atoms with Gasteiger partial charge in [0.05, 0.1) is 12.2 Å². The Kier molecular flexibility index (Phi) is 8.40. The van der Waals surface area contributed by atoms with Crippen LogP contribution >= 0.6 is 0 Å². The summed E-state index contributed by atoms with van der Waals surface area (Å²) in [6, 6.07) is 7.62. The van der Waals surface area contributed by atoms with Crippen LogP contribution in [0.25, 0.3) is 0 Å². The Morgan fingerprint density at radius 2 is 1.40 bits per heavy atom. The normalized spacial score (nSPS) is 24.7. The second-order valence-corrected chi connectivity index (χ2v) is 9.95. The zero-order valence-electron chi connectivity index (χ0n) is 20.6. The molecule has 4 rings (SSSR count). The summed E-state index contributed by atoms with van der Waals surface area (Å²) in [6.45, 7) is 4.39. The van der Waals surface area contributed by atoms with Gasteiger partial charge in [0.2, 0.25) is 0 Å². The molecule has 0 unspecified atom stereocenters. The predicted molar refractivity (Wildman–Crippen MR) is 129 cm³/mol. The van der Waals surface area contributed by atoms with Crippen LogP contribution in [0.3, 0.4) is 0 Å². The summed E-state index contributed by atoms with van der Waals surface area (Å²) < 4.78 is 55.2. The summed E-state index contributed by atoms with van der Waals surface area (Å²) in [6.07, 6.45) is 6.99. The van der Waals surface area contributed by atoms with Gasteiger partial charge in [-0.25, -0.2) is 18.0 Å². The van der Waals surface area contributed by atoms with Crippen molar-refractivity contribution < 1.29 is 27.4 Å². The molecule has 0 radical (unpaired) electrons. The molecule has 0 heterocycles. The largest absolute Gasteiger partial charge is 0.494 e. The van der Waals surface area contributed by atoms with Gasteiger partial charge in [0.25, 0.3) is 0 Å². The lowest BCUT2D eigenvalue weighted by molar-refractivity contribution is 0.0189. The fraction of sp³-hybridized carbons (Fsp3) is 0.552.